The molecule has 2 nitrogen and oxygen atoms in total. The van der Waals surface area contributed by atoms with Gasteiger partial charge in [0.2, 0.25) is 0 Å². The number of aromatic nitrogens is 1. The van der Waals surface area contributed by atoms with Crippen LogP contribution in [0.25, 0.3) is 10.9 Å². The minimum Gasteiger partial charge on any atom is -0.381 e. The predicted molar refractivity (Wildman–Crippen MR) is 86.1 cm³/mol. The maximum atomic E-state index is 10.9. The Morgan fingerprint density at radius 3 is 2.53 bits per heavy atom. The number of benzene rings is 2. The van der Waals surface area contributed by atoms with Crippen molar-refractivity contribution in [1.82, 2.24) is 4.98 Å². The molecule has 3 rings (SSSR count). The van der Waals surface area contributed by atoms with Crippen LogP contribution in [0.4, 0.5) is 0 Å². The largest absolute Gasteiger partial charge is 0.381 e. The van der Waals surface area contributed by atoms with Gasteiger partial charge in [-0.15, -0.1) is 0 Å². The van der Waals surface area contributed by atoms with Crippen LogP contribution in [0, 0.1) is 3.57 Å². The summed E-state index contributed by atoms with van der Waals surface area (Å²) in [5.74, 6) is 0. The molecule has 0 fully saturated rings. The molecule has 19 heavy (non-hydrogen) atoms. The average molecular weight is 363 g/mol. The van der Waals surface area contributed by atoms with Crippen LogP contribution in [-0.2, 0) is 5.60 Å². The molecule has 2 N–H and O–H groups in total. The van der Waals surface area contributed by atoms with Crippen LogP contribution in [-0.4, -0.2) is 10.1 Å². The Bertz CT molecular complexity index is 713. The summed E-state index contributed by atoms with van der Waals surface area (Å²) in [5, 5.41) is 12.0. The van der Waals surface area contributed by atoms with Gasteiger partial charge in [-0.25, -0.2) is 0 Å². The molecule has 3 aromatic rings. The van der Waals surface area contributed by atoms with E-state index < -0.39 is 5.60 Å². The number of halogens is 1. The monoisotopic (exact) mass is 363 g/mol. The summed E-state index contributed by atoms with van der Waals surface area (Å²) in [6.07, 6.45) is 1.90. The SMILES string of the molecule is CC(O)(c1ccc(I)cc1)c1cccc2[nH]ccc12. The lowest BCUT2D eigenvalue weighted by molar-refractivity contribution is 0.104. The summed E-state index contributed by atoms with van der Waals surface area (Å²) in [6, 6.07) is 16.0. The number of aliphatic hydroxyl groups is 1. The van der Waals surface area contributed by atoms with Crippen LogP contribution < -0.4 is 0 Å². The van der Waals surface area contributed by atoms with Gasteiger partial charge in [0.25, 0.3) is 0 Å². The molecule has 1 unspecified atom stereocenters. The van der Waals surface area contributed by atoms with Gasteiger partial charge >= 0.3 is 0 Å². The maximum absolute atomic E-state index is 10.9. The highest BCUT2D eigenvalue weighted by molar-refractivity contribution is 14.1. The molecule has 0 amide bonds. The number of fused-ring (bicyclic) bond motifs is 1. The average Bonchev–Trinajstić information content (AvgIpc) is 2.87. The first kappa shape index (κ1) is 12.7. The second kappa shape index (κ2) is 4.65. The fraction of sp³-hybridized carbons (Fsp3) is 0.125. The number of hydrogen-bond acceptors (Lipinski definition) is 1. The Hall–Kier alpha value is -1.33. The molecule has 0 aliphatic carbocycles. The quantitative estimate of drug-likeness (QED) is 0.663. The zero-order chi connectivity index (χ0) is 13.5. The van der Waals surface area contributed by atoms with E-state index in [1.54, 1.807) is 0 Å². The summed E-state index contributed by atoms with van der Waals surface area (Å²) in [5.41, 5.74) is 1.88. The standard InChI is InChI=1S/C16H14INO/c1-16(19,11-5-7-12(17)8-6-11)14-3-2-4-15-13(14)9-10-18-15/h2-10,18-19H,1H3. The van der Waals surface area contributed by atoms with Gasteiger partial charge in [-0.05, 0) is 64.9 Å². The summed E-state index contributed by atoms with van der Waals surface area (Å²) >= 11 is 2.27. The molecule has 0 saturated carbocycles. The third-order valence-electron chi connectivity index (χ3n) is 3.53. The zero-order valence-electron chi connectivity index (χ0n) is 10.5. The lowest BCUT2D eigenvalue weighted by Crippen LogP contribution is -2.22. The van der Waals surface area contributed by atoms with E-state index in [2.05, 4.69) is 27.6 Å². The zero-order valence-corrected chi connectivity index (χ0v) is 12.7. The van der Waals surface area contributed by atoms with Crippen molar-refractivity contribution in [3.05, 3.63) is 69.4 Å². The second-order valence-corrected chi connectivity index (χ2v) is 6.07. The van der Waals surface area contributed by atoms with Crippen molar-refractivity contribution < 1.29 is 5.11 Å². The summed E-state index contributed by atoms with van der Waals surface area (Å²) in [6.45, 7) is 1.84. The number of H-pyrrole nitrogens is 1. The Balaban J connectivity index is 2.18. The molecule has 3 heteroatoms. The van der Waals surface area contributed by atoms with Gasteiger partial charge in [0, 0.05) is 20.7 Å². The number of hydrogen-bond donors (Lipinski definition) is 2. The van der Waals surface area contributed by atoms with Crippen molar-refractivity contribution in [1.29, 1.82) is 0 Å². The first-order valence-electron chi connectivity index (χ1n) is 6.14. The molecule has 1 aromatic heterocycles. The number of rotatable bonds is 2. The fourth-order valence-electron chi connectivity index (χ4n) is 2.44. The van der Waals surface area contributed by atoms with Crippen molar-refractivity contribution in [2.45, 2.75) is 12.5 Å². The molecule has 0 saturated heterocycles. The first-order chi connectivity index (χ1) is 9.09. The van der Waals surface area contributed by atoms with E-state index in [9.17, 15) is 5.11 Å². The van der Waals surface area contributed by atoms with Crippen LogP contribution in [0.1, 0.15) is 18.1 Å². The lowest BCUT2D eigenvalue weighted by atomic mass is 9.86. The van der Waals surface area contributed by atoms with Crippen molar-refractivity contribution in [3.63, 3.8) is 0 Å². The van der Waals surface area contributed by atoms with Crippen molar-refractivity contribution in [3.8, 4) is 0 Å². The van der Waals surface area contributed by atoms with Crippen LogP contribution in [0.5, 0.6) is 0 Å². The molecular weight excluding hydrogens is 349 g/mol. The van der Waals surface area contributed by atoms with Gasteiger partial charge in [0.1, 0.15) is 5.60 Å². The smallest absolute Gasteiger partial charge is 0.112 e. The Labute approximate surface area is 125 Å². The number of aromatic amines is 1. The van der Waals surface area contributed by atoms with Crippen molar-refractivity contribution in [2.24, 2.45) is 0 Å². The molecule has 0 spiro atoms. The predicted octanol–water partition coefficient (Wildman–Crippen LogP) is 4.03. The summed E-state index contributed by atoms with van der Waals surface area (Å²) in [7, 11) is 0. The third-order valence-corrected chi connectivity index (χ3v) is 4.24. The molecule has 0 radical (unpaired) electrons. The van der Waals surface area contributed by atoms with Gasteiger partial charge in [-0.1, -0.05) is 24.3 Å². The van der Waals surface area contributed by atoms with Gasteiger partial charge < -0.3 is 10.1 Å². The minimum absolute atomic E-state index is 0.904. The van der Waals surface area contributed by atoms with Crippen LogP contribution in [0.15, 0.2) is 54.7 Å². The van der Waals surface area contributed by atoms with Crippen LogP contribution in [0.3, 0.4) is 0 Å². The molecule has 1 atom stereocenters. The van der Waals surface area contributed by atoms with E-state index in [0.717, 1.165) is 25.6 Å². The van der Waals surface area contributed by atoms with Crippen LogP contribution in [0.2, 0.25) is 0 Å². The Morgan fingerprint density at radius 1 is 1.05 bits per heavy atom. The topological polar surface area (TPSA) is 36.0 Å². The van der Waals surface area contributed by atoms with Gasteiger partial charge in [-0.2, -0.15) is 0 Å². The lowest BCUT2D eigenvalue weighted by Gasteiger charge is -2.25. The fourth-order valence-corrected chi connectivity index (χ4v) is 2.80. The first-order valence-corrected chi connectivity index (χ1v) is 7.22. The van der Waals surface area contributed by atoms with E-state index in [1.165, 1.54) is 0 Å². The molecule has 96 valence electrons. The second-order valence-electron chi connectivity index (χ2n) is 4.82. The summed E-state index contributed by atoms with van der Waals surface area (Å²) < 4.78 is 1.16. The van der Waals surface area contributed by atoms with Gasteiger partial charge in [0.15, 0.2) is 0 Å². The minimum atomic E-state index is -0.994. The van der Waals surface area contributed by atoms with Gasteiger partial charge in [-0.3, -0.25) is 0 Å². The molecule has 0 bridgehead atoms. The van der Waals surface area contributed by atoms with Crippen molar-refractivity contribution >= 4 is 33.5 Å². The van der Waals surface area contributed by atoms with E-state index >= 15 is 0 Å². The normalized spacial score (nSPS) is 14.5. The molecule has 0 aliphatic rings. The van der Waals surface area contributed by atoms with Gasteiger partial charge in [0.05, 0.1) is 0 Å². The molecule has 0 aliphatic heterocycles. The van der Waals surface area contributed by atoms with E-state index in [4.69, 9.17) is 0 Å². The Morgan fingerprint density at radius 2 is 1.79 bits per heavy atom. The highest BCUT2D eigenvalue weighted by Gasteiger charge is 2.27. The van der Waals surface area contributed by atoms with E-state index in [0.29, 0.717) is 0 Å². The molecule has 2 aromatic carbocycles. The maximum Gasteiger partial charge on any atom is 0.112 e. The number of nitrogens with one attached hydrogen (secondary N) is 1. The van der Waals surface area contributed by atoms with E-state index in [-0.39, 0.29) is 0 Å². The molecular formula is C16H14INO. The van der Waals surface area contributed by atoms with Crippen molar-refractivity contribution in [2.75, 3.05) is 0 Å². The van der Waals surface area contributed by atoms with Crippen LogP contribution >= 0.6 is 22.6 Å². The summed E-state index contributed by atoms with van der Waals surface area (Å²) in [4.78, 5) is 3.18. The molecule has 1 heterocycles. The highest BCUT2D eigenvalue weighted by atomic mass is 127. The Kier molecular flexibility index (Phi) is 3.11. The third kappa shape index (κ3) is 2.17. The van der Waals surface area contributed by atoms with E-state index in [1.807, 2.05) is 61.7 Å². The highest BCUT2D eigenvalue weighted by Crippen LogP contribution is 2.34.